The molecule has 3 rings (SSSR count). The summed E-state index contributed by atoms with van der Waals surface area (Å²) in [6.07, 6.45) is 1.54. The van der Waals surface area contributed by atoms with Crippen LogP contribution in [0, 0.1) is 0 Å². The molecule has 0 bridgehead atoms. The number of rotatable bonds is 5. The van der Waals surface area contributed by atoms with Crippen LogP contribution >= 0.6 is 0 Å². The van der Waals surface area contributed by atoms with E-state index in [0.717, 1.165) is 17.7 Å². The van der Waals surface area contributed by atoms with E-state index in [2.05, 4.69) is 17.2 Å². The van der Waals surface area contributed by atoms with Gasteiger partial charge >= 0.3 is 0 Å². The Kier molecular flexibility index (Phi) is 4.71. The first-order valence-electron chi connectivity index (χ1n) is 8.03. The van der Waals surface area contributed by atoms with E-state index in [1.54, 1.807) is 4.90 Å². The van der Waals surface area contributed by atoms with Crippen LogP contribution in [0.2, 0.25) is 0 Å². The number of hydrogen-bond donors (Lipinski definition) is 1. The Labute approximate surface area is 136 Å². The van der Waals surface area contributed by atoms with Crippen molar-refractivity contribution in [2.45, 2.75) is 25.8 Å². The summed E-state index contributed by atoms with van der Waals surface area (Å²) in [4.78, 5) is 19.1. The average Bonchev–Trinajstić information content (AvgIpc) is 2.86. The highest BCUT2D eigenvalue weighted by Gasteiger charge is 2.34. The lowest BCUT2D eigenvalue weighted by atomic mass is 10.1. The molecule has 1 N–H and O–H groups in total. The second-order valence-corrected chi connectivity index (χ2v) is 5.64. The van der Waals surface area contributed by atoms with Crippen LogP contribution in [0.1, 0.15) is 18.9 Å². The number of anilines is 1. The number of carbonyl (C=O) groups is 1. The first-order valence-corrected chi connectivity index (χ1v) is 8.03. The normalized spacial score (nSPS) is 17.3. The highest BCUT2D eigenvalue weighted by molar-refractivity contribution is 6.10. The number of guanidine groups is 1. The van der Waals surface area contributed by atoms with Gasteiger partial charge in [-0.3, -0.25) is 9.69 Å². The zero-order chi connectivity index (χ0) is 16.1. The van der Waals surface area contributed by atoms with Crippen LogP contribution in [0.4, 0.5) is 5.69 Å². The third-order valence-corrected chi connectivity index (χ3v) is 3.83. The number of carbonyl (C=O) groups excluding carboxylic acids is 1. The van der Waals surface area contributed by atoms with Crippen LogP contribution in [0.15, 0.2) is 65.7 Å². The van der Waals surface area contributed by atoms with E-state index in [1.165, 1.54) is 0 Å². The van der Waals surface area contributed by atoms with Gasteiger partial charge in [-0.2, -0.15) is 0 Å². The quantitative estimate of drug-likeness (QED) is 0.921. The van der Waals surface area contributed by atoms with Gasteiger partial charge in [0.2, 0.25) is 5.96 Å². The second-order valence-electron chi connectivity index (χ2n) is 5.64. The summed E-state index contributed by atoms with van der Waals surface area (Å²) >= 11 is 0. The molecule has 0 radical (unpaired) electrons. The Hall–Kier alpha value is -2.62. The molecule has 0 saturated heterocycles. The van der Waals surface area contributed by atoms with E-state index < -0.39 is 0 Å². The number of amides is 1. The molecule has 0 saturated carbocycles. The number of benzene rings is 2. The van der Waals surface area contributed by atoms with E-state index in [4.69, 9.17) is 0 Å². The van der Waals surface area contributed by atoms with Crippen molar-refractivity contribution in [3.05, 3.63) is 66.2 Å². The molecular weight excluding hydrogens is 286 g/mol. The van der Waals surface area contributed by atoms with Crippen molar-refractivity contribution < 1.29 is 4.79 Å². The fourth-order valence-corrected chi connectivity index (χ4v) is 2.72. The molecule has 2 aromatic carbocycles. The molecule has 23 heavy (non-hydrogen) atoms. The fourth-order valence-electron chi connectivity index (χ4n) is 2.72. The summed E-state index contributed by atoms with van der Waals surface area (Å²) in [6.45, 7) is 2.75. The molecule has 1 aliphatic heterocycles. The first-order chi connectivity index (χ1) is 11.3. The molecule has 1 amide bonds. The van der Waals surface area contributed by atoms with Crippen molar-refractivity contribution in [1.82, 2.24) is 4.90 Å². The molecule has 0 aliphatic carbocycles. The molecule has 0 aromatic heterocycles. The molecule has 1 unspecified atom stereocenters. The van der Waals surface area contributed by atoms with Crippen molar-refractivity contribution in [2.24, 2.45) is 4.99 Å². The van der Waals surface area contributed by atoms with E-state index in [9.17, 15) is 4.79 Å². The maximum Gasteiger partial charge on any atom is 0.254 e. The van der Waals surface area contributed by atoms with Crippen LogP contribution in [-0.4, -0.2) is 29.4 Å². The van der Waals surface area contributed by atoms with Gasteiger partial charge in [-0.1, -0.05) is 55.5 Å². The zero-order valence-corrected chi connectivity index (χ0v) is 13.3. The summed E-state index contributed by atoms with van der Waals surface area (Å²) in [7, 11) is 0. The van der Waals surface area contributed by atoms with Crippen molar-refractivity contribution in [2.75, 3.05) is 11.9 Å². The van der Waals surface area contributed by atoms with E-state index in [1.807, 2.05) is 60.7 Å². The zero-order valence-electron chi connectivity index (χ0n) is 13.3. The van der Waals surface area contributed by atoms with Gasteiger partial charge in [-0.25, -0.2) is 4.99 Å². The van der Waals surface area contributed by atoms with E-state index in [-0.39, 0.29) is 11.9 Å². The van der Waals surface area contributed by atoms with E-state index >= 15 is 0 Å². The van der Waals surface area contributed by atoms with Gasteiger partial charge in [-0.05, 0) is 24.1 Å². The number of nitrogens with zero attached hydrogens (tertiary/aromatic N) is 2. The lowest BCUT2D eigenvalue weighted by Gasteiger charge is -2.19. The highest BCUT2D eigenvalue weighted by Crippen LogP contribution is 2.18. The van der Waals surface area contributed by atoms with Crippen LogP contribution in [-0.2, 0) is 11.2 Å². The van der Waals surface area contributed by atoms with Gasteiger partial charge in [0.1, 0.15) is 6.04 Å². The molecule has 2 aromatic rings. The number of nitrogens with one attached hydrogen (secondary N) is 1. The van der Waals surface area contributed by atoms with Crippen LogP contribution in [0.5, 0.6) is 0 Å². The Morgan fingerprint density at radius 2 is 1.70 bits per heavy atom. The Bertz CT molecular complexity index is 682. The number of aliphatic imine (C=N–C) groups is 1. The molecule has 1 heterocycles. The molecule has 4 heteroatoms. The molecule has 118 valence electrons. The minimum Gasteiger partial charge on any atom is -0.326 e. The second kappa shape index (κ2) is 7.09. The van der Waals surface area contributed by atoms with Crippen molar-refractivity contribution in [1.29, 1.82) is 0 Å². The van der Waals surface area contributed by atoms with Gasteiger partial charge < -0.3 is 5.32 Å². The molecule has 4 nitrogen and oxygen atoms in total. The largest absolute Gasteiger partial charge is 0.326 e. The van der Waals surface area contributed by atoms with Crippen LogP contribution < -0.4 is 5.32 Å². The monoisotopic (exact) mass is 307 g/mol. The maximum absolute atomic E-state index is 12.7. The van der Waals surface area contributed by atoms with Gasteiger partial charge in [0, 0.05) is 18.7 Å². The SMILES string of the molecule is CCCN1C(=O)C(Cc2ccccc2)N=C1Nc1ccccc1. The molecular formula is C19H21N3O. The Balaban J connectivity index is 1.79. The molecule has 0 fully saturated rings. The predicted molar refractivity (Wildman–Crippen MR) is 93.4 cm³/mol. The lowest BCUT2D eigenvalue weighted by Crippen LogP contribution is -2.39. The molecule has 1 atom stereocenters. The third kappa shape index (κ3) is 3.59. The fraction of sp³-hybridized carbons (Fsp3) is 0.263. The summed E-state index contributed by atoms with van der Waals surface area (Å²) < 4.78 is 0. The highest BCUT2D eigenvalue weighted by atomic mass is 16.2. The summed E-state index contributed by atoms with van der Waals surface area (Å²) in [5.74, 6) is 0.734. The van der Waals surface area contributed by atoms with Gasteiger partial charge in [0.05, 0.1) is 0 Å². The first kappa shape index (κ1) is 15.3. The van der Waals surface area contributed by atoms with Gasteiger partial charge in [-0.15, -0.1) is 0 Å². The summed E-state index contributed by atoms with van der Waals surface area (Å²) in [6, 6.07) is 19.5. The summed E-state index contributed by atoms with van der Waals surface area (Å²) in [5, 5.41) is 3.28. The Morgan fingerprint density at radius 1 is 1.04 bits per heavy atom. The Morgan fingerprint density at radius 3 is 2.35 bits per heavy atom. The average molecular weight is 307 g/mol. The summed E-state index contributed by atoms with van der Waals surface area (Å²) in [5.41, 5.74) is 2.08. The minimum atomic E-state index is -0.338. The molecule has 1 aliphatic rings. The van der Waals surface area contributed by atoms with Crippen LogP contribution in [0.25, 0.3) is 0 Å². The lowest BCUT2D eigenvalue weighted by molar-refractivity contribution is -0.127. The van der Waals surface area contributed by atoms with Crippen molar-refractivity contribution >= 4 is 17.6 Å². The van der Waals surface area contributed by atoms with Gasteiger partial charge in [0.25, 0.3) is 5.91 Å². The smallest absolute Gasteiger partial charge is 0.254 e. The van der Waals surface area contributed by atoms with Crippen LogP contribution in [0.3, 0.4) is 0 Å². The predicted octanol–water partition coefficient (Wildman–Crippen LogP) is 3.32. The topological polar surface area (TPSA) is 44.7 Å². The van der Waals surface area contributed by atoms with Gasteiger partial charge in [0.15, 0.2) is 0 Å². The number of para-hydroxylation sites is 1. The van der Waals surface area contributed by atoms with E-state index in [0.29, 0.717) is 18.9 Å². The van der Waals surface area contributed by atoms with Crippen molar-refractivity contribution in [3.63, 3.8) is 0 Å². The van der Waals surface area contributed by atoms with Crippen molar-refractivity contribution in [3.8, 4) is 0 Å². The maximum atomic E-state index is 12.7. The third-order valence-electron chi connectivity index (χ3n) is 3.83. The standard InChI is InChI=1S/C19H21N3O/c1-2-13-22-18(23)17(14-15-9-5-3-6-10-15)21-19(22)20-16-11-7-4-8-12-16/h3-12,17H,2,13-14H2,1H3,(H,20,21). The molecule has 0 spiro atoms. The minimum absolute atomic E-state index is 0.0779. The number of hydrogen-bond acceptors (Lipinski definition) is 3.